The van der Waals surface area contributed by atoms with Crippen LogP contribution in [0, 0.1) is 0 Å². The maximum absolute atomic E-state index is 13.0. The Bertz CT molecular complexity index is 3830. The third kappa shape index (κ3) is 4.28. The Kier molecular flexibility index (Phi) is 6.26. The molecule has 5 heterocycles. The van der Waals surface area contributed by atoms with Crippen LogP contribution in [0.5, 0.6) is 5.75 Å². The van der Waals surface area contributed by atoms with Gasteiger partial charge in [0.2, 0.25) is 0 Å². The van der Waals surface area contributed by atoms with Crippen LogP contribution >= 0.6 is 0 Å². The average Bonchev–Trinajstić information content (AvgIpc) is 3.63. The largest absolute Gasteiger partial charge is 0.506 e. The van der Waals surface area contributed by atoms with Crippen molar-refractivity contribution in [2.45, 2.75) is 26.2 Å². The first-order valence-electron chi connectivity index (χ1n) is 20.3. The lowest BCUT2D eigenvalue weighted by molar-refractivity contribution is 0.488. The molecule has 11 aromatic rings. The first-order chi connectivity index (χ1) is 28.8. The van der Waals surface area contributed by atoms with Crippen LogP contribution in [0.25, 0.3) is 121 Å². The van der Waals surface area contributed by atoms with Crippen molar-refractivity contribution >= 4 is 81.6 Å². The minimum absolute atomic E-state index is 0.127. The molecule has 5 heteroatoms. The smallest absolute Gasteiger partial charge is 0.135 e. The van der Waals surface area contributed by atoms with Crippen LogP contribution in [0.1, 0.15) is 26.3 Å². The Morgan fingerprint density at radius 2 is 1.22 bits per heavy atom. The molecule has 0 atom stereocenters. The fraction of sp³-hybridized carbons (Fsp3) is 0.0741. The van der Waals surface area contributed by atoms with Crippen LogP contribution in [0.4, 0.5) is 0 Å². The fourth-order valence-corrected chi connectivity index (χ4v) is 10.2. The maximum atomic E-state index is 13.0. The molecule has 0 radical (unpaired) electrons. The van der Waals surface area contributed by atoms with Crippen molar-refractivity contribution in [3.8, 4) is 45.1 Å². The van der Waals surface area contributed by atoms with Crippen molar-refractivity contribution in [3.63, 3.8) is 0 Å². The highest BCUT2D eigenvalue weighted by atomic mass is 16.3. The van der Waals surface area contributed by atoms with E-state index in [0.29, 0.717) is 0 Å². The summed E-state index contributed by atoms with van der Waals surface area (Å²) < 4.78 is 4.80. The van der Waals surface area contributed by atoms with E-state index in [1.165, 1.54) is 16.3 Å². The van der Waals surface area contributed by atoms with Crippen molar-refractivity contribution in [3.05, 3.63) is 163 Å². The minimum Gasteiger partial charge on any atom is -0.506 e. The predicted octanol–water partition coefficient (Wildman–Crippen LogP) is 13.9. The third-order valence-electron chi connectivity index (χ3n) is 12.8. The Morgan fingerprint density at radius 3 is 2.05 bits per heavy atom. The zero-order chi connectivity index (χ0) is 39.3. The summed E-state index contributed by atoms with van der Waals surface area (Å²) in [5, 5.41) is 22.4. The zero-order valence-electron chi connectivity index (χ0n) is 32.7. The zero-order valence-corrected chi connectivity index (χ0v) is 32.7. The Labute approximate surface area is 339 Å². The third-order valence-corrected chi connectivity index (χ3v) is 12.8. The van der Waals surface area contributed by atoms with Gasteiger partial charge in [-0.1, -0.05) is 106 Å². The molecule has 0 unspecified atom stereocenters. The van der Waals surface area contributed by atoms with Gasteiger partial charge >= 0.3 is 0 Å². The summed E-state index contributed by atoms with van der Waals surface area (Å²) in [6.07, 6.45) is 1.90. The number of rotatable bonds is 3. The Balaban J connectivity index is 1.18. The average molecular weight is 757 g/mol. The molecule has 8 aromatic carbocycles. The van der Waals surface area contributed by atoms with E-state index >= 15 is 0 Å². The summed E-state index contributed by atoms with van der Waals surface area (Å²) >= 11 is 0. The van der Waals surface area contributed by atoms with Gasteiger partial charge in [0, 0.05) is 44.3 Å². The van der Waals surface area contributed by atoms with Crippen LogP contribution in [-0.4, -0.2) is 24.0 Å². The van der Waals surface area contributed by atoms with Gasteiger partial charge in [-0.3, -0.25) is 4.98 Å². The molecule has 0 saturated carbocycles. The molecular formula is C54H36N4O. The standard InChI is InChI=1S/C54H36N4O/c1-54(2,3)35-27-33(26-34(28-35)40-29-32(24-25-55-40)30-12-5-4-6-13-30)39-23-22-37-36-21-20-31-14-11-19-44-45(31)46(36)48-49(50(37)56-39)53(59)47-38-15-7-8-16-41(38)57-42-17-9-10-18-43(42)58(44)52(48)51(47)57/h4-29,59H,1-3H3. The van der Waals surface area contributed by atoms with E-state index < -0.39 is 0 Å². The summed E-state index contributed by atoms with van der Waals surface area (Å²) in [5.74, 6) is 0.270. The van der Waals surface area contributed by atoms with Gasteiger partial charge in [0.1, 0.15) is 5.75 Å². The van der Waals surface area contributed by atoms with E-state index in [1.807, 2.05) is 12.3 Å². The lowest BCUT2D eigenvalue weighted by Gasteiger charge is -2.27. The van der Waals surface area contributed by atoms with E-state index in [-0.39, 0.29) is 11.2 Å². The summed E-state index contributed by atoms with van der Waals surface area (Å²) in [7, 11) is 0. The molecule has 0 fully saturated rings. The van der Waals surface area contributed by atoms with Gasteiger partial charge in [-0.25, -0.2) is 4.98 Å². The number of nitrogens with zero attached hydrogens (tertiary/aromatic N) is 4. The van der Waals surface area contributed by atoms with E-state index in [9.17, 15) is 5.11 Å². The molecule has 0 spiro atoms. The number of aromatic hydroxyl groups is 1. The number of phenolic OH excluding ortho intramolecular Hbond substituents is 1. The second-order valence-electron chi connectivity index (χ2n) is 17.1. The van der Waals surface area contributed by atoms with E-state index in [4.69, 9.17) is 9.97 Å². The topological polar surface area (TPSA) is 55.4 Å². The molecule has 3 aromatic heterocycles. The number of para-hydroxylation sites is 3. The Hall–Kier alpha value is -7.50. The summed E-state index contributed by atoms with van der Waals surface area (Å²) in [5.41, 5.74) is 14.5. The quantitative estimate of drug-likeness (QED) is 0.144. The SMILES string of the molecule is CC(C)(C)c1cc(-c2cc(-c3ccccc3)ccn2)cc(-c2ccc3c4ccc5cccc6c5c4c4c5c7c(c(O)c4c3n2)c2ccccc2n7c2ccccc2n6-5)c1. The molecule has 0 saturated heterocycles. The number of hydrogen-bond acceptors (Lipinski definition) is 3. The lowest BCUT2D eigenvalue weighted by Crippen LogP contribution is -2.11. The van der Waals surface area contributed by atoms with Crippen LogP contribution in [0.15, 0.2) is 158 Å². The van der Waals surface area contributed by atoms with Crippen molar-refractivity contribution in [2.75, 3.05) is 0 Å². The van der Waals surface area contributed by atoms with Crippen LogP contribution in [-0.2, 0) is 5.41 Å². The lowest BCUT2D eigenvalue weighted by atomic mass is 9.84. The van der Waals surface area contributed by atoms with E-state index in [0.717, 1.165) is 110 Å². The van der Waals surface area contributed by atoms with E-state index in [1.54, 1.807) is 0 Å². The molecule has 5 nitrogen and oxygen atoms in total. The monoisotopic (exact) mass is 756 g/mol. The molecule has 2 aliphatic heterocycles. The van der Waals surface area contributed by atoms with Gasteiger partial charge in [-0.05, 0) is 99.6 Å². The maximum Gasteiger partial charge on any atom is 0.135 e. The molecule has 2 aliphatic rings. The molecule has 0 bridgehead atoms. The Morgan fingerprint density at radius 1 is 0.492 bits per heavy atom. The second kappa shape index (κ2) is 11.3. The number of pyridine rings is 3. The summed E-state index contributed by atoms with van der Waals surface area (Å²) in [6.45, 7) is 6.76. The summed E-state index contributed by atoms with van der Waals surface area (Å²) in [6, 6.07) is 54.1. The molecule has 59 heavy (non-hydrogen) atoms. The number of aromatic nitrogens is 4. The molecular weight excluding hydrogens is 721 g/mol. The van der Waals surface area contributed by atoms with Crippen molar-refractivity contribution in [2.24, 2.45) is 0 Å². The van der Waals surface area contributed by atoms with Gasteiger partial charge < -0.3 is 14.1 Å². The highest BCUT2D eigenvalue weighted by molar-refractivity contribution is 6.41. The van der Waals surface area contributed by atoms with Gasteiger partial charge in [0.05, 0.1) is 60.9 Å². The van der Waals surface area contributed by atoms with Gasteiger partial charge in [-0.15, -0.1) is 0 Å². The fourth-order valence-electron chi connectivity index (χ4n) is 10.2. The number of phenols is 1. The minimum atomic E-state index is -0.127. The number of benzene rings is 8. The highest BCUT2D eigenvalue weighted by Crippen LogP contribution is 2.54. The highest BCUT2D eigenvalue weighted by Gasteiger charge is 2.31. The number of fused-ring (bicyclic) bond motifs is 10. The molecule has 278 valence electrons. The van der Waals surface area contributed by atoms with Crippen LogP contribution in [0.2, 0.25) is 0 Å². The van der Waals surface area contributed by atoms with Crippen molar-refractivity contribution < 1.29 is 5.11 Å². The van der Waals surface area contributed by atoms with Crippen molar-refractivity contribution in [1.29, 1.82) is 0 Å². The van der Waals surface area contributed by atoms with Gasteiger partial charge in [0.25, 0.3) is 0 Å². The molecule has 0 aliphatic carbocycles. The van der Waals surface area contributed by atoms with Gasteiger partial charge in [0.15, 0.2) is 0 Å². The number of hydrogen-bond donors (Lipinski definition) is 1. The van der Waals surface area contributed by atoms with Crippen molar-refractivity contribution in [1.82, 2.24) is 18.9 Å². The molecule has 0 amide bonds. The second-order valence-corrected chi connectivity index (χ2v) is 17.1. The molecule has 13 rings (SSSR count). The predicted molar refractivity (Wildman–Crippen MR) is 245 cm³/mol. The van der Waals surface area contributed by atoms with Crippen LogP contribution < -0.4 is 0 Å². The first kappa shape index (κ1) is 32.6. The van der Waals surface area contributed by atoms with Crippen LogP contribution in [0.3, 0.4) is 0 Å². The summed E-state index contributed by atoms with van der Waals surface area (Å²) in [4.78, 5) is 10.5. The van der Waals surface area contributed by atoms with Gasteiger partial charge in [-0.2, -0.15) is 0 Å². The van der Waals surface area contributed by atoms with E-state index in [2.05, 4.69) is 175 Å². The first-order valence-corrected chi connectivity index (χ1v) is 20.3. The normalized spacial score (nSPS) is 12.7. The molecule has 1 N–H and O–H groups in total.